The van der Waals surface area contributed by atoms with E-state index in [0.29, 0.717) is 12.5 Å². The molecule has 2 aromatic rings. The van der Waals surface area contributed by atoms with Crippen molar-refractivity contribution in [3.63, 3.8) is 0 Å². The van der Waals surface area contributed by atoms with E-state index in [1.54, 1.807) is 7.11 Å². The van der Waals surface area contributed by atoms with Gasteiger partial charge in [0.1, 0.15) is 5.75 Å². The van der Waals surface area contributed by atoms with Crippen LogP contribution in [0.2, 0.25) is 0 Å². The van der Waals surface area contributed by atoms with Crippen molar-refractivity contribution in [1.29, 1.82) is 0 Å². The van der Waals surface area contributed by atoms with E-state index < -0.39 is 0 Å². The van der Waals surface area contributed by atoms with E-state index in [1.807, 2.05) is 30.3 Å². The van der Waals surface area contributed by atoms with E-state index in [-0.39, 0.29) is 0 Å². The molecule has 0 atom stereocenters. The summed E-state index contributed by atoms with van der Waals surface area (Å²) < 4.78 is 17.2. The molecular formula is C19H25ClO3. The first kappa shape index (κ1) is 17.7. The van der Waals surface area contributed by atoms with Gasteiger partial charge in [-0.2, -0.15) is 0 Å². The SMILES string of the molecule is CCCCOc1ccc2c(OC)c(OCCCCCl)ccc2c1. The lowest BCUT2D eigenvalue weighted by molar-refractivity contribution is 0.290. The number of fused-ring (bicyclic) bond motifs is 1. The van der Waals surface area contributed by atoms with Crippen LogP contribution in [0.15, 0.2) is 30.3 Å². The molecule has 0 amide bonds. The highest BCUT2D eigenvalue weighted by Gasteiger charge is 2.10. The number of unbranched alkanes of at least 4 members (excludes halogenated alkanes) is 2. The molecule has 4 heteroatoms. The molecule has 0 fully saturated rings. The van der Waals surface area contributed by atoms with Crippen molar-refractivity contribution < 1.29 is 14.2 Å². The molecule has 0 unspecified atom stereocenters. The third-order valence-electron chi connectivity index (χ3n) is 3.66. The molecule has 0 bridgehead atoms. The quantitative estimate of drug-likeness (QED) is 0.428. The minimum atomic E-state index is 0.646. The highest BCUT2D eigenvalue weighted by Crippen LogP contribution is 2.37. The molecule has 0 aromatic heterocycles. The summed E-state index contributed by atoms with van der Waals surface area (Å²) in [6.45, 7) is 3.55. The number of alkyl halides is 1. The highest BCUT2D eigenvalue weighted by molar-refractivity contribution is 6.17. The van der Waals surface area contributed by atoms with E-state index in [0.717, 1.165) is 60.3 Å². The fraction of sp³-hybridized carbons (Fsp3) is 0.474. The average molecular weight is 337 g/mol. The van der Waals surface area contributed by atoms with E-state index >= 15 is 0 Å². The maximum absolute atomic E-state index is 5.83. The Hall–Kier alpha value is -1.61. The fourth-order valence-electron chi connectivity index (χ4n) is 2.39. The number of methoxy groups -OCH3 is 1. The van der Waals surface area contributed by atoms with Crippen molar-refractivity contribution in [2.24, 2.45) is 0 Å². The maximum atomic E-state index is 5.83. The average Bonchev–Trinajstić information content (AvgIpc) is 2.58. The molecule has 0 N–H and O–H groups in total. The zero-order valence-corrected chi connectivity index (χ0v) is 14.7. The van der Waals surface area contributed by atoms with Gasteiger partial charge in [-0.3, -0.25) is 0 Å². The molecule has 2 rings (SSSR count). The van der Waals surface area contributed by atoms with Crippen LogP contribution in [0.1, 0.15) is 32.6 Å². The molecule has 0 saturated carbocycles. The van der Waals surface area contributed by atoms with Crippen LogP contribution in [0.5, 0.6) is 17.2 Å². The Labute approximate surface area is 143 Å². The van der Waals surface area contributed by atoms with Gasteiger partial charge in [-0.15, -0.1) is 11.6 Å². The van der Waals surface area contributed by atoms with Gasteiger partial charge < -0.3 is 14.2 Å². The lowest BCUT2D eigenvalue weighted by Crippen LogP contribution is -2.00. The van der Waals surface area contributed by atoms with E-state index in [9.17, 15) is 0 Å². The Bertz CT molecular complexity index is 613. The van der Waals surface area contributed by atoms with Gasteiger partial charge in [-0.1, -0.05) is 19.4 Å². The van der Waals surface area contributed by atoms with Gasteiger partial charge in [0.25, 0.3) is 0 Å². The Kier molecular flexibility index (Phi) is 7.34. The van der Waals surface area contributed by atoms with Crippen molar-refractivity contribution in [2.75, 3.05) is 26.2 Å². The summed E-state index contributed by atoms with van der Waals surface area (Å²) in [6, 6.07) is 10.1. The Morgan fingerprint density at radius 3 is 2.52 bits per heavy atom. The predicted molar refractivity (Wildman–Crippen MR) is 96.4 cm³/mol. The molecule has 23 heavy (non-hydrogen) atoms. The topological polar surface area (TPSA) is 27.7 Å². The van der Waals surface area contributed by atoms with Crippen LogP contribution in [0.4, 0.5) is 0 Å². The summed E-state index contributed by atoms with van der Waals surface area (Å²) in [5, 5.41) is 2.12. The zero-order chi connectivity index (χ0) is 16.5. The van der Waals surface area contributed by atoms with Crippen LogP contribution in [-0.4, -0.2) is 26.2 Å². The number of ether oxygens (including phenoxy) is 3. The summed E-state index contributed by atoms with van der Waals surface area (Å²) in [5.41, 5.74) is 0. The maximum Gasteiger partial charge on any atom is 0.168 e. The van der Waals surface area contributed by atoms with Gasteiger partial charge in [-0.05, 0) is 48.9 Å². The number of benzene rings is 2. The third-order valence-corrected chi connectivity index (χ3v) is 3.93. The number of hydrogen-bond acceptors (Lipinski definition) is 3. The second kappa shape index (κ2) is 9.51. The number of hydrogen-bond donors (Lipinski definition) is 0. The summed E-state index contributed by atoms with van der Waals surface area (Å²) in [6.07, 6.45) is 4.09. The number of halogens is 1. The summed E-state index contributed by atoms with van der Waals surface area (Å²) in [7, 11) is 1.67. The van der Waals surface area contributed by atoms with Gasteiger partial charge >= 0.3 is 0 Å². The smallest absolute Gasteiger partial charge is 0.168 e. The first-order valence-corrected chi connectivity index (χ1v) is 8.76. The molecule has 126 valence electrons. The van der Waals surface area contributed by atoms with Gasteiger partial charge in [0, 0.05) is 11.3 Å². The first-order valence-electron chi connectivity index (χ1n) is 8.22. The van der Waals surface area contributed by atoms with Gasteiger partial charge in [-0.25, -0.2) is 0 Å². The van der Waals surface area contributed by atoms with Crippen LogP contribution >= 0.6 is 11.6 Å². The second-order valence-electron chi connectivity index (χ2n) is 5.43. The summed E-state index contributed by atoms with van der Waals surface area (Å²) in [5.74, 6) is 3.10. The summed E-state index contributed by atoms with van der Waals surface area (Å²) in [4.78, 5) is 0. The molecule has 0 spiro atoms. The normalized spacial score (nSPS) is 10.7. The molecule has 0 aliphatic heterocycles. The Balaban J connectivity index is 2.16. The fourth-order valence-corrected chi connectivity index (χ4v) is 2.58. The first-order chi connectivity index (χ1) is 11.3. The van der Waals surface area contributed by atoms with E-state index in [2.05, 4.69) is 6.92 Å². The van der Waals surface area contributed by atoms with E-state index in [1.165, 1.54) is 0 Å². The van der Waals surface area contributed by atoms with Gasteiger partial charge in [0.2, 0.25) is 0 Å². The van der Waals surface area contributed by atoms with Crippen molar-refractivity contribution in [3.8, 4) is 17.2 Å². The second-order valence-corrected chi connectivity index (χ2v) is 5.80. The lowest BCUT2D eigenvalue weighted by Gasteiger charge is -2.14. The Morgan fingerprint density at radius 2 is 1.78 bits per heavy atom. The number of rotatable bonds is 10. The predicted octanol–water partition coefficient (Wildman–Crippen LogP) is 5.43. The van der Waals surface area contributed by atoms with Crippen LogP contribution in [0.25, 0.3) is 10.8 Å². The minimum Gasteiger partial charge on any atom is -0.494 e. The molecule has 0 aliphatic carbocycles. The van der Waals surface area contributed by atoms with Crippen molar-refractivity contribution in [2.45, 2.75) is 32.6 Å². The standard InChI is InChI=1S/C19H25ClO3/c1-3-4-12-22-16-8-9-17-15(14-16)7-10-18(19(17)21-2)23-13-6-5-11-20/h7-10,14H,3-6,11-13H2,1-2H3. The van der Waals surface area contributed by atoms with Gasteiger partial charge in [0.05, 0.1) is 20.3 Å². The van der Waals surface area contributed by atoms with Crippen LogP contribution in [0.3, 0.4) is 0 Å². The summed E-state index contributed by atoms with van der Waals surface area (Å²) >= 11 is 5.69. The Morgan fingerprint density at radius 1 is 0.957 bits per heavy atom. The van der Waals surface area contributed by atoms with Crippen molar-refractivity contribution >= 4 is 22.4 Å². The molecule has 0 radical (unpaired) electrons. The van der Waals surface area contributed by atoms with Crippen LogP contribution < -0.4 is 14.2 Å². The van der Waals surface area contributed by atoms with Gasteiger partial charge in [0.15, 0.2) is 11.5 Å². The molecular weight excluding hydrogens is 312 g/mol. The highest BCUT2D eigenvalue weighted by atomic mass is 35.5. The monoisotopic (exact) mass is 336 g/mol. The van der Waals surface area contributed by atoms with Crippen LogP contribution in [0, 0.1) is 0 Å². The molecule has 0 saturated heterocycles. The van der Waals surface area contributed by atoms with Crippen molar-refractivity contribution in [1.82, 2.24) is 0 Å². The zero-order valence-electron chi connectivity index (χ0n) is 13.9. The third kappa shape index (κ3) is 4.93. The minimum absolute atomic E-state index is 0.646. The molecule has 0 heterocycles. The molecule has 2 aromatic carbocycles. The molecule has 0 aliphatic rings. The lowest BCUT2D eigenvalue weighted by atomic mass is 10.1. The van der Waals surface area contributed by atoms with Crippen LogP contribution in [-0.2, 0) is 0 Å². The largest absolute Gasteiger partial charge is 0.494 e. The van der Waals surface area contributed by atoms with E-state index in [4.69, 9.17) is 25.8 Å². The molecule has 3 nitrogen and oxygen atoms in total. The van der Waals surface area contributed by atoms with Crippen molar-refractivity contribution in [3.05, 3.63) is 30.3 Å².